The maximum Gasteiger partial charge on any atom is 0.00812 e. The largest absolute Gasteiger partial charge is 0.173 e. The molecule has 0 saturated carbocycles. The van der Waals surface area contributed by atoms with Gasteiger partial charge in [-0.1, -0.05) is 39.8 Å². The second-order valence-electron chi connectivity index (χ2n) is 4.48. The third-order valence-electron chi connectivity index (χ3n) is 1.51. The molecule has 0 nitrogen and oxygen atoms in total. The summed E-state index contributed by atoms with van der Waals surface area (Å²) in [5, 5.41) is 0. The van der Waals surface area contributed by atoms with Crippen LogP contribution in [0.15, 0.2) is 12.2 Å². The second-order valence-corrected chi connectivity index (χ2v) is 5.69. The third-order valence-corrected chi connectivity index (χ3v) is 1.66. The lowest BCUT2D eigenvalue weighted by Crippen LogP contribution is -2.21. The molecule has 0 aromatic heterocycles. The van der Waals surface area contributed by atoms with Crippen LogP contribution in [0.5, 0.6) is 0 Å². The molecule has 11 heavy (non-hydrogen) atoms. The Bertz CT molecular complexity index is 137. The van der Waals surface area contributed by atoms with Gasteiger partial charge in [0.15, 0.2) is 0 Å². The number of rotatable bonds is 3. The van der Waals surface area contributed by atoms with Crippen LogP contribution in [0.2, 0.25) is 0 Å². The number of hydrogen-bond donors (Lipinski definition) is 1. The van der Waals surface area contributed by atoms with Gasteiger partial charge in [0.2, 0.25) is 0 Å². The van der Waals surface area contributed by atoms with Crippen molar-refractivity contribution in [3.05, 3.63) is 12.2 Å². The smallest absolute Gasteiger partial charge is 0.00812 e. The zero-order valence-electron chi connectivity index (χ0n) is 8.31. The van der Waals surface area contributed by atoms with E-state index in [9.17, 15) is 0 Å². The van der Waals surface area contributed by atoms with Crippen LogP contribution in [-0.2, 0) is 0 Å². The van der Waals surface area contributed by atoms with Gasteiger partial charge in [-0.05, 0) is 18.8 Å². The Labute approximate surface area is 76.5 Å². The molecule has 0 saturated heterocycles. The molecule has 0 spiro atoms. The van der Waals surface area contributed by atoms with Gasteiger partial charge in [-0.15, -0.1) is 0 Å². The average molecular weight is 172 g/mol. The summed E-state index contributed by atoms with van der Waals surface area (Å²) < 4.78 is 0.128. The van der Waals surface area contributed by atoms with Crippen LogP contribution in [-0.4, -0.2) is 4.75 Å². The van der Waals surface area contributed by atoms with Crippen LogP contribution in [0.1, 0.15) is 41.0 Å². The molecule has 0 rings (SSSR count). The van der Waals surface area contributed by atoms with E-state index < -0.39 is 0 Å². The first-order valence-corrected chi connectivity index (χ1v) is 4.58. The molecule has 0 N–H and O–H groups in total. The molecule has 0 atom stereocenters. The molecule has 0 aromatic carbocycles. The van der Waals surface area contributed by atoms with Crippen LogP contribution >= 0.6 is 12.6 Å². The number of hydrogen-bond acceptors (Lipinski definition) is 1. The van der Waals surface area contributed by atoms with Crippen molar-refractivity contribution in [1.82, 2.24) is 0 Å². The first-order chi connectivity index (χ1) is 4.77. The minimum Gasteiger partial charge on any atom is -0.173 e. The van der Waals surface area contributed by atoms with E-state index in [0.717, 1.165) is 6.42 Å². The Morgan fingerprint density at radius 3 is 1.91 bits per heavy atom. The van der Waals surface area contributed by atoms with E-state index in [1.807, 2.05) is 0 Å². The van der Waals surface area contributed by atoms with E-state index in [2.05, 4.69) is 59.4 Å². The molecule has 0 aromatic rings. The molecule has 0 heterocycles. The summed E-state index contributed by atoms with van der Waals surface area (Å²) in [5.74, 6) is 0. The van der Waals surface area contributed by atoms with E-state index >= 15 is 0 Å². The minimum absolute atomic E-state index is 0.128. The molecule has 0 radical (unpaired) electrons. The summed E-state index contributed by atoms with van der Waals surface area (Å²) in [6.07, 6.45) is 5.46. The summed E-state index contributed by atoms with van der Waals surface area (Å²) in [4.78, 5) is 0. The number of allylic oxidation sites excluding steroid dienone is 2. The van der Waals surface area contributed by atoms with Gasteiger partial charge in [-0.3, -0.25) is 0 Å². The lowest BCUT2D eigenvalue weighted by Gasteiger charge is -2.28. The van der Waals surface area contributed by atoms with E-state index in [-0.39, 0.29) is 10.2 Å². The van der Waals surface area contributed by atoms with Crippen LogP contribution < -0.4 is 0 Å². The van der Waals surface area contributed by atoms with Crippen LogP contribution in [0.25, 0.3) is 0 Å². The Hall–Kier alpha value is 0.0900. The first-order valence-electron chi connectivity index (χ1n) is 4.13. The Morgan fingerprint density at radius 1 is 1.18 bits per heavy atom. The Kier molecular flexibility index (Phi) is 3.69. The third kappa shape index (κ3) is 6.49. The maximum atomic E-state index is 4.51. The fraction of sp³-hybridized carbons (Fsp3) is 0.800. The highest BCUT2D eigenvalue weighted by atomic mass is 32.1. The van der Waals surface area contributed by atoms with Crippen molar-refractivity contribution in [3.8, 4) is 0 Å². The molecular formula is C10H20S. The van der Waals surface area contributed by atoms with Gasteiger partial charge in [-0.25, -0.2) is 0 Å². The fourth-order valence-corrected chi connectivity index (χ4v) is 2.03. The van der Waals surface area contributed by atoms with Gasteiger partial charge in [0.25, 0.3) is 0 Å². The Balaban J connectivity index is 4.13. The highest BCUT2D eigenvalue weighted by Crippen LogP contribution is 2.32. The predicted octanol–water partition coefficient (Wildman–Crippen LogP) is 3.69. The monoisotopic (exact) mass is 172 g/mol. The molecule has 0 bridgehead atoms. The van der Waals surface area contributed by atoms with E-state index in [4.69, 9.17) is 0 Å². The van der Waals surface area contributed by atoms with E-state index in [1.165, 1.54) is 0 Å². The lowest BCUT2D eigenvalue weighted by atomic mass is 9.83. The fourth-order valence-electron chi connectivity index (χ4n) is 1.63. The van der Waals surface area contributed by atoms with Crippen molar-refractivity contribution in [2.45, 2.75) is 45.8 Å². The van der Waals surface area contributed by atoms with Crippen LogP contribution in [0.4, 0.5) is 0 Å². The topological polar surface area (TPSA) is 0 Å². The summed E-state index contributed by atoms with van der Waals surface area (Å²) in [5.41, 5.74) is 0.278. The molecule has 66 valence electrons. The molecular weight excluding hydrogens is 152 g/mol. The quantitative estimate of drug-likeness (QED) is 0.487. The van der Waals surface area contributed by atoms with E-state index in [0.29, 0.717) is 0 Å². The number of thiol groups is 1. The van der Waals surface area contributed by atoms with Gasteiger partial charge in [0.1, 0.15) is 0 Å². The second kappa shape index (κ2) is 3.66. The van der Waals surface area contributed by atoms with Crippen molar-refractivity contribution in [2.75, 3.05) is 0 Å². The predicted molar refractivity (Wildman–Crippen MR) is 56.3 cm³/mol. The summed E-state index contributed by atoms with van der Waals surface area (Å²) in [6.45, 7) is 10.9. The standard InChI is InChI=1S/C10H20S/c1-6-7-9(2,3)8-10(4,5)11/h6-7,11H,8H2,1-5H3/b7-6+. The SMILES string of the molecule is C/C=C/C(C)(C)CC(C)(C)S. The van der Waals surface area contributed by atoms with Crippen molar-refractivity contribution >= 4 is 12.6 Å². The lowest BCUT2D eigenvalue weighted by molar-refractivity contribution is 0.390. The highest BCUT2D eigenvalue weighted by Gasteiger charge is 2.22. The summed E-state index contributed by atoms with van der Waals surface area (Å²) in [6, 6.07) is 0. The zero-order chi connectivity index (χ0) is 9.12. The van der Waals surface area contributed by atoms with Crippen molar-refractivity contribution < 1.29 is 0 Å². The van der Waals surface area contributed by atoms with Crippen LogP contribution in [0.3, 0.4) is 0 Å². The van der Waals surface area contributed by atoms with Crippen molar-refractivity contribution in [3.63, 3.8) is 0 Å². The van der Waals surface area contributed by atoms with Gasteiger partial charge in [0, 0.05) is 4.75 Å². The van der Waals surface area contributed by atoms with Gasteiger partial charge >= 0.3 is 0 Å². The normalized spacial score (nSPS) is 14.4. The maximum absolute atomic E-state index is 4.51. The Morgan fingerprint density at radius 2 is 1.64 bits per heavy atom. The first kappa shape index (κ1) is 11.1. The molecule has 0 aliphatic carbocycles. The molecule has 0 aliphatic rings. The minimum atomic E-state index is 0.128. The molecule has 0 unspecified atom stereocenters. The van der Waals surface area contributed by atoms with Crippen LogP contribution in [0, 0.1) is 5.41 Å². The summed E-state index contributed by atoms with van der Waals surface area (Å²) in [7, 11) is 0. The summed E-state index contributed by atoms with van der Waals surface area (Å²) >= 11 is 4.51. The zero-order valence-corrected chi connectivity index (χ0v) is 9.20. The molecule has 1 heteroatoms. The van der Waals surface area contributed by atoms with Gasteiger partial charge < -0.3 is 0 Å². The average Bonchev–Trinajstić information content (AvgIpc) is 1.55. The molecule has 0 amide bonds. The molecule has 0 aliphatic heterocycles. The van der Waals surface area contributed by atoms with Crippen molar-refractivity contribution in [1.29, 1.82) is 0 Å². The highest BCUT2D eigenvalue weighted by molar-refractivity contribution is 7.81. The molecule has 0 fully saturated rings. The van der Waals surface area contributed by atoms with Gasteiger partial charge in [-0.2, -0.15) is 12.6 Å². The van der Waals surface area contributed by atoms with E-state index in [1.54, 1.807) is 0 Å². The van der Waals surface area contributed by atoms with Crippen molar-refractivity contribution in [2.24, 2.45) is 5.41 Å². The van der Waals surface area contributed by atoms with Gasteiger partial charge in [0.05, 0.1) is 0 Å².